The highest BCUT2D eigenvalue weighted by Crippen LogP contribution is 2.30. The third-order valence-corrected chi connectivity index (χ3v) is 3.96. The highest BCUT2D eigenvalue weighted by Gasteiger charge is 2.42. The summed E-state index contributed by atoms with van der Waals surface area (Å²) in [5.74, 6) is -1.46. The molecule has 2 N–H and O–H groups in total. The van der Waals surface area contributed by atoms with Gasteiger partial charge < -0.3 is 10.4 Å². The zero-order valence-corrected chi connectivity index (χ0v) is 11.9. The number of rotatable bonds is 4. The molecule has 3 rings (SSSR count). The number of carboxylic acid groups (broad SMARTS) is 1. The van der Waals surface area contributed by atoms with Gasteiger partial charge in [0.1, 0.15) is 11.2 Å². The number of carboxylic acids is 1. The fourth-order valence-electron chi connectivity index (χ4n) is 2.76. The van der Waals surface area contributed by atoms with Gasteiger partial charge >= 0.3 is 5.97 Å². The Kier molecular flexibility index (Phi) is 3.62. The summed E-state index contributed by atoms with van der Waals surface area (Å²) >= 11 is 0. The number of aromatic nitrogens is 3. The fourth-order valence-corrected chi connectivity index (χ4v) is 2.76. The Hall–Kier alpha value is -2.70. The average molecular weight is 300 g/mol. The predicted octanol–water partition coefficient (Wildman–Crippen LogP) is 1.39. The van der Waals surface area contributed by atoms with Crippen molar-refractivity contribution in [2.75, 3.05) is 0 Å². The van der Waals surface area contributed by atoms with Crippen LogP contribution in [0.1, 0.15) is 36.2 Å². The van der Waals surface area contributed by atoms with Gasteiger partial charge in [0, 0.05) is 18.6 Å². The standard InChI is InChI=1S/C15H16N4O3/c20-13(18-15(14(21)22)5-1-2-6-15)12-10-11(4-8-16-12)19-9-3-7-17-19/h3-4,7-10H,1-2,5-6H2,(H,18,20)(H,21,22). The summed E-state index contributed by atoms with van der Waals surface area (Å²) in [6.45, 7) is 0. The number of carbonyl (C=O) groups is 2. The molecule has 1 amide bonds. The van der Waals surface area contributed by atoms with E-state index in [0.717, 1.165) is 12.8 Å². The normalized spacial score (nSPS) is 16.4. The van der Waals surface area contributed by atoms with Crippen LogP contribution in [0.2, 0.25) is 0 Å². The molecule has 0 aliphatic heterocycles. The second kappa shape index (κ2) is 5.59. The zero-order valence-electron chi connectivity index (χ0n) is 11.9. The fraction of sp³-hybridized carbons (Fsp3) is 0.333. The van der Waals surface area contributed by atoms with E-state index in [1.54, 1.807) is 35.3 Å². The van der Waals surface area contributed by atoms with E-state index in [0.29, 0.717) is 18.5 Å². The molecular weight excluding hydrogens is 284 g/mol. The summed E-state index contributed by atoms with van der Waals surface area (Å²) in [4.78, 5) is 27.9. The van der Waals surface area contributed by atoms with Crippen LogP contribution >= 0.6 is 0 Å². The molecule has 1 aliphatic carbocycles. The summed E-state index contributed by atoms with van der Waals surface area (Å²) < 4.78 is 1.61. The molecule has 1 fully saturated rings. The maximum Gasteiger partial charge on any atom is 0.329 e. The van der Waals surface area contributed by atoms with Crippen molar-refractivity contribution in [3.63, 3.8) is 0 Å². The van der Waals surface area contributed by atoms with Gasteiger partial charge in [0.05, 0.1) is 5.69 Å². The topological polar surface area (TPSA) is 97.1 Å². The van der Waals surface area contributed by atoms with E-state index in [-0.39, 0.29) is 5.69 Å². The van der Waals surface area contributed by atoms with Crippen LogP contribution in [-0.4, -0.2) is 37.3 Å². The third-order valence-electron chi connectivity index (χ3n) is 3.96. The lowest BCUT2D eigenvalue weighted by molar-refractivity contribution is -0.144. The van der Waals surface area contributed by atoms with Gasteiger partial charge in [0.25, 0.3) is 5.91 Å². The van der Waals surface area contributed by atoms with Crippen LogP contribution in [0.4, 0.5) is 0 Å². The first-order valence-electron chi connectivity index (χ1n) is 7.13. The van der Waals surface area contributed by atoms with E-state index >= 15 is 0 Å². The quantitative estimate of drug-likeness (QED) is 0.889. The van der Waals surface area contributed by atoms with Gasteiger partial charge in [0.15, 0.2) is 0 Å². The third kappa shape index (κ3) is 2.57. The molecule has 7 heteroatoms. The number of aliphatic carboxylic acids is 1. The van der Waals surface area contributed by atoms with Gasteiger partial charge in [-0.2, -0.15) is 5.10 Å². The van der Waals surface area contributed by atoms with Gasteiger partial charge in [-0.25, -0.2) is 9.48 Å². The van der Waals surface area contributed by atoms with Crippen LogP contribution in [0.5, 0.6) is 0 Å². The molecule has 0 saturated heterocycles. The molecule has 2 aromatic heterocycles. The molecule has 114 valence electrons. The summed E-state index contributed by atoms with van der Waals surface area (Å²) in [5, 5.41) is 16.2. The Morgan fingerprint density at radius 2 is 2.05 bits per heavy atom. The Bertz CT molecular complexity index is 691. The number of nitrogens with one attached hydrogen (secondary N) is 1. The Labute approximate surface area is 127 Å². The molecule has 0 spiro atoms. The van der Waals surface area contributed by atoms with Crippen LogP contribution in [0.25, 0.3) is 5.69 Å². The molecule has 0 aromatic carbocycles. The van der Waals surface area contributed by atoms with Crippen LogP contribution in [0, 0.1) is 0 Å². The number of hydrogen-bond donors (Lipinski definition) is 2. The number of carbonyl (C=O) groups excluding carboxylic acids is 1. The molecule has 1 saturated carbocycles. The van der Waals surface area contributed by atoms with Crippen molar-refractivity contribution in [1.82, 2.24) is 20.1 Å². The molecule has 2 heterocycles. The molecule has 2 aromatic rings. The second-order valence-corrected chi connectivity index (χ2v) is 5.40. The first kappa shape index (κ1) is 14.2. The summed E-state index contributed by atoms with van der Waals surface area (Å²) in [5.41, 5.74) is -0.290. The Balaban J connectivity index is 1.83. The predicted molar refractivity (Wildman–Crippen MR) is 77.7 cm³/mol. The van der Waals surface area contributed by atoms with E-state index in [4.69, 9.17) is 0 Å². The number of pyridine rings is 1. The first-order valence-corrected chi connectivity index (χ1v) is 7.13. The maximum atomic E-state index is 12.4. The number of hydrogen-bond acceptors (Lipinski definition) is 4. The molecule has 0 atom stereocenters. The van der Waals surface area contributed by atoms with Gasteiger partial charge in [-0.15, -0.1) is 0 Å². The monoisotopic (exact) mass is 300 g/mol. The molecule has 1 aliphatic rings. The minimum absolute atomic E-state index is 0.181. The van der Waals surface area contributed by atoms with Crippen molar-refractivity contribution in [2.45, 2.75) is 31.2 Å². The smallest absolute Gasteiger partial charge is 0.329 e. The molecule has 0 unspecified atom stereocenters. The van der Waals surface area contributed by atoms with Crippen LogP contribution in [0.15, 0.2) is 36.8 Å². The Morgan fingerprint density at radius 1 is 1.27 bits per heavy atom. The van der Waals surface area contributed by atoms with Crippen molar-refractivity contribution >= 4 is 11.9 Å². The molecule has 0 radical (unpaired) electrons. The van der Waals surface area contributed by atoms with Crippen molar-refractivity contribution < 1.29 is 14.7 Å². The number of nitrogens with zero attached hydrogens (tertiary/aromatic N) is 3. The van der Waals surface area contributed by atoms with Crippen LogP contribution in [0.3, 0.4) is 0 Å². The average Bonchev–Trinajstić information content (AvgIpc) is 3.19. The minimum atomic E-state index is -1.17. The Morgan fingerprint density at radius 3 is 2.68 bits per heavy atom. The molecule has 7 nitrogen and oxygen atoms in total. The first-order chi connectivity index (χ1) is 10.6. The maximum absolute atomic E-state index is 12.4. The highest BCUT2D eigenvalue weighted by molar-refractivity contribution is 5.96. The largest absolute Gasteiger partial charge is 0.480 e. The lowest BCUT2D eigenvalue weighted by Crippen LogP contribution is -2.52. The second-order valence-electron chi connectivity index (χ2n) is 5.40. The van der Waals surface area contributed by atoms with E-state index in [2.05, 4.69) is 15.4 Å². The van der Waals surface area contributed by atoms with Gasteiger partial charge in [-0.1, -0.05) is 12.8 Å². The van der Waals surface area contributed by atoms with Crippen LogP contribution in [-0.2, 0) is 4.79 Å². The molecule has 22 heavy (non-hydrogen) atoms. The van der Waals surface area contributed by atoms with E-state index in [9.17, 15) is 14.7 Å². The summed E-state index contributed by atoms with van der Waals surface area (Å²) in [7, 11) is 0. The molecular formula is C15H16N4O3. The van der Waals surface area contributed by atoms with Crippen LogP contribution < -0.4 is 5.32 Å². The minimum Gasteiger partial charge on any atom is -0.480 e. The number of amides is 1. The lowest BCUT2D eigenvalue weighted by atomic mass is 9.97. The summed E-state index contributed by atoms with van der Waals surface area (Å²) in [6, 6.07) is 5.09. The zero-order chi connectivity index (χ0) is 15.6. The molecule has 0 bridgehead atoms. The van der Waals surface area contributed by atoms with Gasteiger partial charge in [0.2, 0.25) is 0 Å². The summed E-state index contributed by atoms with van der Waals surface area (Å²) in [6.07, 6.45) is 7.40. The van der Waals surface area contributed by atoms with Gasteiger partial charge in [-0.05, 0) is 31.0 Å². The van der Waals surface area contributed by atoms with Gasteiger partial charge in [-0.3, -0.25) is 9.78 Å². The van der Waals surface area contributed by atoms with Crippen molar-refractivity contribution in [1.29, 1.82) is 0 Å². The van der Waals surface area contributed by atoms with E-state index in [1.165, 1.54) is 6.20 Å². The van der Waals surface area contributed by atoms with Crippen molar-refractivity contribution in [2.24, 2.45) is 0 Å². The van der Waals surface area contributed by atoms with Crippen molar-refractivity contribution in [3.8, 4) is 5.69 Å². The highest BCUT2D eigenvalue weighted by atomic mass is 16.4. The van der Waals surface area contributed by atoms with Crippen molar-refractivity contribution in [3.05, 3.63) is 42.5 Å². The van der Waals surface area contributed by atoms with E-state index in [1.807, 2.05) is 0 Å². The SMILES string of the molecule is O=C(NC1(C(=O)O)CCCC1)c1cc(-n2cccn2)ccn1. The lowest BCUT2D eigenvalue weighted by Gasteiger charge is -2.25. The van der Waals surface area contributed by atoms with E-state index < -0.39 is 17.4 Å².